The maximum atomic E-state index is 12.7. The summed E-state index contributed by atoms with van der Waals surface area (Å²) in [6, 6.07) is 5.08. The molecule has 1 fully saturated rings. The van der Waals surface area contributed by atoms with E-state index in [1.165, 1.54) is 11.3 Å². The molecule has 0 saturated carbocycles. The Morgan fingerprint density at radius 1 is 1.21 bits per heavy atom. The monoisotopic (exact) mass is 425 g/mol. The van der Waals surface area contributed by atoms with Crippen LogP contribution in [-0.2, 0) is 27.8 Å². The number of carbonyl (C=O) groups excluding carboxylic acids is 1. The van der Waals surface area contributed by atoms with E-state index in [1.807, 2.05) is 20.3 Å². The average Bonchev–Trinajstić information content (AvgIpc) is 3.30. The van der Waals surface area contributed by atoms with Crippen molar-refractivity contribution in [1.29, 1.82) is 0 Å². The summed E-state index contributed by atoms with van der Waals surface area (Å²) < 4.78 is 29.1. The van der Waals surface area contributed by atoms with Crippen LogP contribution in [0.25, 0.3) is 0 Å². The van der Waals surface area contributed by atoms with Crippen LogP contribution in [-0.4, -0.2) is 67.0 Å². The van der Waals surface area contributed by atoms with Gasteiger partial charge in [-0.25, -0.2) is 8.42 Å². The number of anilines is 1. The fourth-order valence-corrected chi connectivity index (χ4v) is 6.05. The number of hydrogen-bond acceptors (Lipinski definition) is 6. The standard InChI is InChI=1S/C18H27N5O3S2/c1-21(2)12-13-22-11-8-16(20-22)19-17(24)14-15-6-7-18(27-15)28(25,26)23-9-4-3-5-10-23/h6-8,11H,3-5,9-10,12-14H2,1-2H3,(H,19,20,24). The fourth-order valence-electron chi connectivity index (χ4n) is 3.03. The minimum Gasteiger partial charge on any atom is -0.309 e. The van der Waals surface area contributed by atoms with Gasteiger partial charge in [0.2, 0.25) is 5.91 Å². The number of piperidine rings is 1. The van der Waals surface area contributed by atoms with E-state index in [2.05, 4.69) is 15.3 Å². The van der Waals surface area contributed by atoms with Gasteiger partial charge in [0, 0.05) is 36.8 Å². The van der Waals surface area contributed by atoms with E-state index in [0.717, 1.165) is 37.2 Å². The molecule has 2 aromatic rings. The van der Waals surface area contributed by atoms with Crippen LogP contribution in [0, 0.1) is 0 Å². The van der Waals surface area contributed by atoms with Crippen LogP contribution in [0.4, 0.5) is 5.82 Å². The zero-order valence-corrected chi connectivity index (χ0v) is 17.9. The van der Waals surface area contributed by atoms with Crippen molar-refractivity contribution in [3.05, 3.63) is 29.3 Å². The van der Waals surface area contributed by atoms with Gasteiger partial charge in [-0.15, -0.1) is 11.3 Å². The zero-order chi connectivity index (χ0) is 20.1. The van der Waals surface area contributed by atoms with Gasteiger partial charge in [-0.3, -0.25) is 9.48 Å². The van der Waals surface area contributed by atoms with E-state index in [1.54, 1.807) is 27.2 Å². The first kappa shape index (κ1) is 21.0. The van der Waals surface area contributed by atoms with Gasteiger partial charge in [0.25, 0.3) is 10.0 Å². The van der Waals surface area contributed by atoms with Crippen LogP contribution in [0.15, 0.2) is 28.6 Å². The summed E-state index contributed by atoms with van der Waals surface area (Å²) in [7, 11) is 0.541. The topological polar surface area (TPSA) is 87.5 Å². The SMILES string of the molecule is CN(C)CCn1ccc(NC(=O)Cc2ccc(S(=O)(=O)N3CCCCC3)s2)n1. The Balaban J connectivity index is 1.56. The first-order valence-corrected chi connectivity index (χ1v) is 11.7. The number of carbonyl (C=O) groups is 1. The van der Waals surface area contributed by atoms with Crippen molar-refractivity contribution >= 4 is 33.1 Å². The van der Waals surface area contributed by atoms with Crippen LogP contribution in [0.1, 0.15) is 24.1 Å². The van der Waals surface area contributed by atoms with E-state index in [-0.39, 0.29) is 12.3 Å². The molecule has 0 radical (unpaired) electrons. The van der Waals surface area contributed by atoms with E-state index in [0.29, 0.717) is 23.1 Å². The van der Waals surface area contributed by atoms with Crippen molar-refractivity contribution in [2.75, 3.05) is 39.0 Å². The minimum absolute atomic E-state index is 0.130. The third-order valence-corrected chi connectivity index (χ3v) is 8.02. The average molecular weight is 426 g/mol. The van der Waals surface area contributed by atoms with Crippen LogP contribution < -0.4 is 5.32 Å². The highest BCUT2D eigenvalue weighted by molar-refractivity contribution is 7.91. The van der Waals surface area contributed by atoms with Crippen LogP contribution in [0.3, 0.4) is 0 Å². The van der Waals surface area contributed by atoms with Crippen molar-refractivity contribution < 1.29 is 13.2 Å². The smallest absolute Gasteiger partial charge is 0.252 e. The minimum atomic E-state index is -3.45. The highest BCUT2D eigenvalue weighted by Gasteiger charge is 2.27. The second-order valence-corrected chi connectivity index (χ2v) is 10.5. The third-order valence-electron chi connectivity index (χ3n) is 4.57. The molecule has 1 N–H and O–H groups in total. The largest absolute Gasteiger partial charge is 0.309 e. The molecular weight excluding hydrogens is 398 g/mol. The second-order valence-electron chi connectivity index (χ2n) is 7.18. The Bertz CT molecular complexity index is 898. The molecule has 0 aromatic carbocycles. The predicted molar refractivity (Wildman–Crippen MR) is 110 cm³/mol. The maximum Gasteiger partial charge on any atom is 0.252 e. The highest BCUT2D eigenvalue weighted by atomic mass is 32.2. The Labute approximate surface area is 170 Å². The van der Waals surface area contributed by atoms with Crippen molar-refractivity contribution in [3.8, 4) is 0 Å². The molecule has 0 atom stereocenters. The quantitative estimate of drug-likeness (QED) is 0.698. The molecule has 2 aromatic heterocycles. The molecule has 1 saturated heterocycles. The number of likely N-dealkylation sites (N-methyl/N-ethyl adjacent to an activating group) is 1. The number of thiophene rings is 1. The summed E-state index contributed by atoms with van der Waals surface area (Å²) in [5.74, 6) is 0.295. The summed E-state index contributed by atoms with van der Waals surface area (Å²) in [5.41, 5.74) is 0. The van der Waals surface area contributed by atoms with Gasteiger partial charge in [-0.1, -0.05) is 6.42 Å². The Morgan fingerprint density at radius 2 is 1.96 bits per heavy atom. The number of hydrogen-bond donors (Lipinski definition) is 1. The van der Waals surface area contributed by atoms with Crippen LogP contribution >= 0.6 is 11.3 Å². The summed E-state index contributed by atoms with van der Waals surface area (Å²) in [4.78, 5) is 15.1. The number of aromatic nitrogens is 2. The Hall–Kier alpha value is -1.75. The van der Waals surface area contributed by atoms with Crippen molar-refractivity contribution in [2.24, 2.45) is 0 Å². The zero-order valence-electron chi connectivity index (χ0n) is 16.3. The maximum absolute atomic E-state index is 12.7. The van der Waals surface area contributed by atoms with E-state index < -0.39 is 10.0 Å². The predicted octanol–water partition coefficient (Wildman–Crippen LogP) is 1.86. The first-order valence-electron chi connectivity index (χ1n) is 9.41. The normalized spacial score (nSPS) is 15.8. The van der Waals surface area contributed by atoms with E-state index in [4.69, 9.17) is 0 Å². The molecule has 28 heavy (non-hydrogen) atoms. The Morgan fingerprint density at radius 3 is 2.68 bits per heavy atom. The lowest BCUT2D eigenvalue weighted by Gasteiger charge is -2.25. The molecule has 10 heteroatoms. The lowest BCUT2D eigenvalue weighted by molar-refractivity contribution is -0.115. The van der Waals surface area contributed by atoms with Crippen LogP contribution in [0.2, 0.25) is 0 Å². The number of rotatable bonds is 8. The summed E-state index contributed by atoms with van der Waals surface area (Å²) >= 11 is 1.17. The van der Waals surface area contributed by atoms with Crippen LogP contribution in [0.5, 0.6) is 0 Å². The molecule has 3 heterocycles. The third kappa shape index (κ3) is 5.40. The molecule has 1 aliphatic heterocycles. The first-order chi connectivity index (χ1) is 13.3. The summed E-state index contributed by atoms with van der Waals surface area (Å²) in [6.45, 7) is 2.75. The Kier molecular flexibility index (Phi) is 6.86. The van der Waals surface area contributed by atoms with Gasteiger partial charge in [-0.2, -0.15) is 9.40 Å². The highest BCUT2D eigenvalue weighted by Crippen LogP contribution is 2.27. The van der Waals surface area contributed by atoms with Crippen molar-refractivity contribution in [3.63, 3.8) is 0 Å². The molecule has 154 valence electrons. The molecule has 0 unspecified atom stereocenters. The molecule has 1 aliphatic rings. The van der Waals surface area contributed by atoms with Crippen molar-refractivity contribution in [2.45, 2.75) is 36.4 Å². The van der Waals surface area contributed by atoms with Gasteiger partial charge in [0.05, 0.1) is 13.0 Å². The van der Waals surface area contributed by atoms with Gasteiger partial charge in [0.15, 0.2) is 5.82 Å². The molecule has 0 bridgehead atoms. The number of nitrogens with zero attached hydrogens (tertiary/aromatic N) is 4. The molecule has 1 amide bonds. The van der Waals surface area contributed by atoms with Gasteiger partial charge in [-0.05, 0) is 39.1 Å². The van der Waals surface area contributed by atoms with E-state index >= 15 is 0 Å². The fraction of sp³-hybridized carbons (Fsp3) is 0.556. The summed E-state index contributed by atoms with van der Waals surface area (Å²) in [6.07, 6.45) is 4.84. The molecule has 0 aliphatic carbocycles. The molecule has 0 spiro atoms. The van der Waals surface area contributed by atoms with Gasteiger partial charge >= 0.3 is 0 Å². The lowest BCUT2D eigenvalue weighted by atomic mass is 10.2. The van der Waals surface area contributed by atoms with E-state index in [9.17, 15) is 13.2 Å². The molecular formula is C18H27N5O3S2. The molecule has 3 rings (SSSR count). The summed E-state index contributed by atoms with van der Waals surface area (Å²) in [5, 5.41) is 7.10. The van der Waals surface area contributed by atoms with Gasteiger partial charge < -0.3 is 10.2 Å². The number of amides is 1. The lowest BCUT2D eigenvalue weighted by Crippen LogP contribution is -2.35. The second kappa shape index (κ2) is 9.17. The number of sulfonamides is 1. The number of nitrogens with one attached hydrogen (secondary N) is 1. The molecule has 8 nitrogen and oxygen atoms in total. The van der Waals surface area contributed by atoms with Gasteiger partial charge in [0.1, 0.15) is 4.21 Å². The van der Waals surface area contributed by atoms with Crippen molar-refractivity contribution in [1.82, 2.24) is 19.0 Å².